The van der Waals surface area contributed by atoms with Crippen LogP contribution in [0.1, 0.15) is 51.6 Å². The molecule has 1 atom stereocenters. The van der Waals surface area contributed by atoms with Gasteiger partial charge in [0, 0.05) is 6.42 Å². The van der Waals surface area contributed by atoms with Crippen LogP contribution in [-0.4, -0.2) is 28.7 Å². The lowest BCUT2D eigenvalue weighted by atomic mass is 9.91. The fourth-order valence-corrected chi connectivity index (χ4v) is 4.44. The molecule has 1 amide bonds. The number of Topliss-reactive ketones (excluding diaryl/α,β-unsaturated/α-hetero) is 1. The van der Waals surface area contributed by atoms with E-state index in [4.69, 9.17) is 16.3 Å². The van der Waals surface area contributed by atoms with Gasteiger partial charge in [0.2, 0.25) is 0 Å². The standard InChI is InChI=1S/C27H24ClNO5/c1-17(31)20-10-5-11-23(25(20)32)29-26(33)21-13-19-15-27(16-30,34-24(19)14-22(21)28)12-6-9-18-7-3-2-4-8-18/h2-5,7-8,10-11,13-14,16,32H,6,9,12,15H2,1H3,(H,29,33). The van der Waals surface area contributed by atoms with E-state index in [0.29, 0.717) is 24.2 Å². The van der Waals surface area contributed by atoms with Crippen LogP contribution in [-0.2, 0) is 17.6 Å². The summed E-state index contributed by atoms with van der Waals surface area (Å²) in [4.78, 5) is 36.6. The van der Waals surface area contributed by atoms with Gasteiger partial charge in [0.05, 0.1) is 21.8 Å². The molecule has 7 heteroatoms. The van der Waals surface area contributed by atoms with Gasteiger partial charge in [-0.25, -0.2) is 0 Å². The summed E-state index contributed by atoms with van der Waals surface area (Å²) >= 11 is 6.37. The summed E-state index contributed by atoms with van der Waals surface area (Å²) < 4.78 is 6.02. The van der Waals surface area contributed by atoms with Crippen molar-refractivity contribution in [3.05, 3.63) is 87.9 Å². The molecular weight excluding hydrogens is 454 g/mol. The molecule has 0 radical (unpaired) electrons. The number of aromatic hydroxyl groups is 1. The zero-order chi connectivity index (χ0) is 24.3. The Bertz CT molecular complexity index is 1260. The molecule has 3 aromatic carbocycles. The number of para-hydroxylation sites is 1. The molecule has 0 saturated carbocycles. The van der Waals surface area contributed by atoms with Crippen molar-refractivity contribution >= 4 is 35.3 Å². The second kappa shape index (κ2) is 9.69. The maximum Gasteiger partial charge on any atom is 0.257 e. The molecule has 174 valence electrons. The first kappa shape index (κ1) is 23.5. The van der Waals surface area contributed by atoms with Crippen LogP contribution in [0.2, 0.25) is 5.02 Å². The Hall–Kier alpha value is -3.64. The van der Waals surface area contributed by atoms with Crippen LogP contribution >= 0.6 is 11.6 Å². The fourth-order valence-electron chi connectivity index (χ4n) is 4.20. The van der Waals surface area contributed by atoms with Gasteiger partial charge in [-0.2, -0.15) is 0 Å². The van der Waals surface area contributed by atoms with E-state index in [9.17, 15) is 19.5 Å². The van der Waals surface area contributed by atoms with Gasteiger partial charge in [-0.15, -0.1) is 0 Å². The molecule has 4 rings (SSSR count). The molecule has 34 heavy (non-hydrogen) atoms. The lowest BCUT2D eigenvalue weighted by Gasteiger charge is -2.22. The van der Waals surface area contributed by atoms with Crippen molar-refractivity contribution in [3.8, 4) is 11.5 Å². The predicted molar refractivity (Wildman–Crippen MR) is 130 cm³/mol. The average Bonchev–Trinajstić information content (AvgIpc) is 3.18. The summed E-state index contributed by atoms with van der Waals surface area (Å²) in [6.07, 6.45) is 3.29. The van der Waals surface area contributed by atoms with Gasteiger partial charge in [-0.1, -0.05) is 48.0 Å². The van der Waals surface area contributed by atoms with Gasteiger partial charge in [0.15, 0.2) is 17.7 Å². The number of carbonyl (C=O) groups excluding carboxylic acids is 3. The van der Waals surface area contributed by atoms with E-state index in [2.05, 4.69) is 5.32 Å². The zero-order valence-electron chi connectivity index (χ0n) is 18.6. The Balaban J connectivity index is 1.50. The van der Waals surface area contributed by atoms with E-state index < -0.39 is 11.5 Å². The molecule has 3 aromatic rings. The molecule has 1 unspecified atom stereocenters. The van der Waals surface area contributed by atoms with Crippen LogP contribution in [0, 0.1) is 0 Å². The van der Waals surface area contributed by atoms with Crippen LogP contribution in [0.5, 0.6) is 11.5 Å². The number of halogens is 1. The minimum absolute atomic E-state index is 0.105. The number of nitrogens with one attached hydrogen (secondary N) is 1. The number of aldehydes is 1. The van der Waals surface area contributed by atoms with Crippen molar-refractivity contribution in [1.82, 2.24) is 0 Å². The van der Waals surface area contributed by atoms with E-state index >= 15 is 0 Å². The summed E-state index contributed by atoms with van der Waals surface area (Å²) in [6.45, 7) is 1.33. The first-order chi connectivity index (χ1) is 16.3. The number of carbonyl (C=O) groups is 3. The van der Waals surface area contributed by atoms with Crippen LogP contribution in [0.4, 0.5) is 5.69 Å². The van der Waals surface area contributed by atoms with Crippen LogP contribution < -0.4 is 10.1 Å². The normalized spacial score (nSPS) is 16.4. The Morgan fingerprint density at radius 3 is 2.59 bits per heavy atom. The lowest BCUT2D eigenvalue weighted by Crippen LogP contribution is -2.36. The smallest absolute Gasteiger partial charge is 0.257 e. The number of rotatable bonds is 8. The first-order valence-electron chi connectivity index (χ1n) is 11.0. The van der Waals surface area contributed by atoms with E-state index in [1.54, 1.807) is 18.2 Å². The van der Waals surface area contributed by atoms with Crippen molar-refractivity contribution in [2.24, 2.45) is 0 Å². The molecule has 0 aliphatic carbocycles. The highest BCUT2D eigenvalue weighted by atomic mass is 35.5. The van der Waals surface area contributed by atoms with Crippen LogP contribution in [0.15, 0.2) is 60.7 Å². The monoisotopic (exact) mass is 477 g/mol. The number of phenolic OH excluding ortho intramolecular Hbond substituents is 1. The number of hydrogen-bond donors (Lipinski definition) is 2. The quantitative estimate of drug-likeness (QED) is 0.257. The summed E-state index contributed by atoms with van der Waals surface area (Å²) in [5, 5.41) is 13.1. The number of aryl methyl sites for hydroxylation is 1. The zero-order valence-corrected chi connectivity index (χ0v) is 19.4. The van der Waals surface area contributed by atoms with Crippen molar-refractivity contribution in [2.75, 3.05) is 5.32 Å². The Kier molecular flexibility index (Phi) is 6.70. The summed E-state index contributed by atoms with van der Waals surface area (Å²) in [5.41, 5.74) is 1.30. The van der Waals surface area contributed by atoms with Crippen molar-refractivity contribution in [3.63, 3.8) is 0 Å². The molecule has 0 saturated heterocycles. The maximum atomic E-state index is 12.9. The third kappa shape index (κ3) is 4.82. The molecule has 6 nitrogen and oxygen atoms in total. The van der Waals surface area contributed by atoms with Crippen molar-refractivity contribution < 1.29 is 24.2 Å². The summed E-state index contributed by atoms with van der Waals surface area (Å²) in [7, 11) is 0. The Morgan fingerprint density at radius 1 is 1.12 bits per heavy atom. The number of anilines is 1. The highest BCUT2D eigenvalue weighted by Gasteiger charge is 2.39. The van der Waals surface area contributed by atoms with Gasteiger partial charge in [0.25, 0.3) is 5.91 Å². The van der Waals surface area contributed by atoms with E-state index in [0.717, 1.165) is 19.1 Å². The fraction of sp³-hybridized carbons (Fsp3) is 0.222. The van der Waals surface area contributed by atoms with Gasteiger partial charge < -0.3 is 15.2 Å². The molecule has 1 aliphatic heterocycles. The molecular formula is C27H24ClNO5. The average molecular weight is 478 g/mol. The third-order valence-electron chi connectivity index (χ3n) is 5.98. The maximum absolute atomic E-state index is 12.9. The molecule has 0 spiro atoms. The number of benzene rings is 3. The molecule has 0 aromatic heterocycles. The first-order valence-corrected chi connectivity index (χ1v) is 11.4. The second-order valence-electron chi connectivity index (χ2n) is 8.45. The minimum Gasteiger partial charge on any atom is -0.505 e. The van der Waals surface area contributed by atoms with Gasteiger partial charge in [-0.3, -0.25) is 14.4 Å². The summed E-state index contributed by atoms with van der Waals surface area (Å²) in [6, 6.07) is 17.7. The second-order valence-corrected chi connectivity index (χ2v) is 8.86. The SMILES string of the molecule is CC(=O)c1cccc(NC(=O)c2cc3c(cc2Cl)OC(C=O)(CCCc2ccccc2)C3)c1O. The minimum atomic E-state index is -0.996. The largest absolute Gasteiger partial charge is 0.505 e. The van der Waals surface area contributed by atoms with Gasteiger partial charge >= 0.3 is 0 Å². The highest BCUT2D eigenvalue weighted by molar-refractivity contribution is 6.34. The van der Waals surface area contributed by atoms with E-state index in [-0.39, 0.29) is 33.4 Å². The predicted octanol–water partition coefficient (Wildman–Crippen LogP) is 5.40. The number of amides is 1. The topological polar surface area (TPSA) is 92.7 Å². The Labute approximate surface area is 202 Å². The van der Waals surface area contributed by atoms with E-state index in [1.807, 2.05) is 30.3 Å². The number of fused-ring (bicyclic) bond motifs is 1. The highest BCUT2D eigenvalue weighted by Crippen LogP contribution is 2.40. The third-order valence-corrected chi connectivity index (χ3v) is 6.30. The molecule has 2 N–H and O–H groups in total. The van der Waals surface area contributed by atoms with E-state index in [1.165, 1.54) is 24.6 Å². The number of ether oxygens (including phenoxy) is 1. The number of ketones is 1. The van der Waals surface area contributed by atoms with Crippen molar-refractivity contribution in [1.29, 1.82) is 0 Å². The molecule has 1 aliphatic rings. The summed E-state index contributed by atoms with van der Waals surface area (Å²) in [5.74, 6) is -0.688. The van der Waals surface area contributed by atoms with Gasteiger partial charge in [0.1, 0.15) is 11.5 Å². The lowest BCUT2D eigenvalue weighted by molar-refractivity contribution is -0.120. The molecule has 1 heterocycles. The number of phenols is 1. The van der Waals surface area contributed by atoms with Gasteiger partial charge in [-0.05, 0) is 61.6 Å². The molecule has 0 bridgehead atoms. The number of hydrogen-bond acceptors (Lipinski definition) is 5. The van der Waals surface area contributed by atoms with Crippen molar-refractivity contribution in [2.45, 2.75) is 38.2 Å². The molecule has 0 fully saturated rings. The Morgan fingerprint density at radius 2 is 1.88 bits per heavy atom. The van der Waals surface area contributed by atoms with Crippen LogP contribution in [0.25, 0.3) is 0 Å². The van der Waals surface area contributed by atoms with Crippen LogP contribution in [0.3, 0.4) is 0 Å².